The third kappa shape index (κ3) is 41.7. The zero-order valence-corrected chi connectivity index (χ0v) is 7.11. The van der Waals surface area contributed by atoms with Crippen molar-refractivity contribution in [1.29, 1.82) is 0 Å². The molecular formula is C5H13BF4N-. The van der Waals surface area contributed by atoms with Crippen molar-refractivity contribution in [2.45, 2.75) is 19.9 Å². The van der Waals surface area contributed by atoms with Crippen LogP contribution in [0.15, 0.2) is 0 Å². The summed E-state index contributed by atoms with van der Waals surface area (Å²) in [6, 6.07) is 0.685. The van der Waals surface area contributed by atoms with Gasteiger partial charge in [0.25, 0.3) is 0 Å². The van der Waals surface area contributed by atoms with Gasteiger partial charge in [0.2, 0.25) is 0 Å². The van der Waals surface area contributed by atoms with Crippen LogP contribution in [-0.4, -0.2) is 32.3 Å². The van der Waals surface area contributed by atoms with Crippen molar-refractivity contribution >= 4 is 7.25 Å². The topological polar surface area (TPSA) is 3.24 Å². The second-order valence-corrected chi connectivity index (χ2v) is 2.55. The maximum Gasteiger partial charge on any atom is 0.673 e. The molecule has 11 heavy (non-hydrogen) atoms. The summed E-state index contributed by atoms with van der Waals surface area (Å²) in [4.78, 5) is 2.17. The molecule has 0 spiro atoms. The fourth-order valence-electron chi connectivity index (χ4n) is 0. The predicted molar refractivity (Wildman–Crippen MR) is 39.0 cm³/mol. The molecule has 0 rings (SSSR count). The minimum absolute atomic E-state index is 0.685. The van der Waals surface area contributed by atoms with Gasteiger partial charge >= 0.3 is 7.25 Å². The molecule has 0 atom stereocenters. The summed E-state index contributed by atoms with van der Waals surface area (Å²) in [6.07, 6.45) is 0. The lowest BCUT2D eigenvalue weighted by Crippen LogP contribution is -2.20. The van der Waals surface area contributed by atoms with Crippen molar-refractivity contribution in [2.24, 2.45) is 0 Å². The Bertz CT molecular complexity index is 79.0. The van der Waals surface area contributed by atoms with Crippen LogP contribution in [-0.2, 0) is 0 Å². The number of hydrogen-bond donors (Lipinski definition) is 0. The summed E-state index contributed by atoms with van der Waals surface area (Å²) in [5.41, 5.74) is 0. The van der Waals surface area contributed by atoms with E-state index in [1.807, 2.05) is 0 Å². The molecule has 0 unspecified atom stereocenters. The van der Waals surface area contributed by atoms with Gasteiger partial charge < -0.3 is 22.2 Å². The predicted octanol–water partition coefficient (Wildman–Crippen LogP) is 2.26. The summed E-state index contributed by atoms with van der Waals surface area (Å²) < 4.78 is 39.0. The first kappa shape index (κ1) is 13.3. The molecule has 0 aromatic carbocycles. The molecular weight excluding hydrogens is 161 g/mol. The molecule has 0 saturated carbocycles. The quantitative estimate of drug-likeness (QED) is 0.435. The lowest BCUT2D eigenvalue weighted by Gasteiger charge is -2.12. The van der Waals surface area contributed by atoms with Crippen LogP contribution in [0.25, 0.3) is 0 Å². The highest BCUT2D eigenvalue weighted by atomic mass is 19.5. The van der Waals surface area contributed by atoms with Crippen LogP contribution in [0.5, 0.6) is 0 Å². The van der Waals surface area contributed by atoms with Crippen LogP contribution in [0.1, 0.15) is 13.8 Å². The minimum atomic E-state index is -6.00. The molecule has 0 aliphatic heterocycles. The van der Waals surface area contributed by atoms with Gasteiger partial charge in [0.1, 0.15) is 0 Å². The summed E-state index contributed by atoms with van der Waals surface area (Å²) in [5.74, 6) is 0. The number of halogens is 4. The molecule has 0 fully saturated rings. The van der Waals surface area contributed by atoms with Gasteiger partial charge in [0.05, 0.1) is 0 Å². The van der Waals surface area contributed by atoms with Gasteiger partial charge in [-0.1, -0.05) is 0 Å². The van der Waals surface area contributed by atoms with E-state index in [1.54, 1.807) is 0 Å². The maximum absolute atomic E-state index is 9.75. The second kappa shape index (κ2) is 5.40. The highest BCUT2D eigenvalue weighted by molar-refractivity contribution is 6.50. The molecule has 0 aliphatic carbocycles. The van der Waals surface area contributed by atoms with Crippen LogP contribution in [0.3, 0.4) is 0 Å². The van der Waals surface area contributed by atoms with E-state index in [-0.39, 0.29) is 0 Å². The normalized spacial score (nSPS) is 11.5. The zero-order valence-electron chi connectivity index (χ0n) is 7.11. The van der Waals surface area contributed by atoms with E-state index in [2.05, 4.69) is 32.8 Å². The molecule has 0 aromatic rings. The van der Waals surface area contributed by atoms with Gasteiger partial charge in [-0.15, -0.1) is 0 Å². The largest absolute Gasteiger partial charge is 0.673 e. The molecule has 6 heteroatoms. The van der Waals surface area contributed by atoms with E-state index >= 15 is 0 Å². The Morgan fingerprint density at radius 2 is 1.09 bits per heavy atom. The molecule has 1 nitrogen and oxygen atoms in total. The van der Waals surface area contributed by atoms with Crippen molar-refractivity contribution in [2.75, 3.05) is 14.1 Å². The molecule has 0 radical (unpaired) electrons. The van der Waals surface area contributed by atoms with Crippen molar-refractivity contribution in [3.63, 3.8) is 0 Å². The third-order valence-electron chi connectivity index (χ3n) is 1.03. The van der Waals surface area contributed by atoms with Gasteiger partial charge in [-0.3, -0.25) is 0 Å². The van der Waals surface area contributed by atoms with Gasteiger partial charge in [-0.05, 0) is 27.9 Å². The molecule has 0 aromatic heterocycles. The molecule has 0 N–H and O–H groups in total. The van der Waals surface area contributed by atoms with E-state index in [1.165, 1.54) is 0 Å². The van der Waals surface area contributed by atoms with Crippen LogP contribution >= 0.6 is 0 Å². The van der Waals surface area contributed by atoms with E-state index < -0.39 is 7.25 Å². The molecule has 0 saturated heterocycles. The zero-order chi connectivity index (χ0) is 9.65. The van der Waals surface area contributed by atoms with Gasteiger partial charge in [-0.2, -0.15) is 0 Å². The van der Waals surface area contributed by atoms with Gasteiger partial charge in [0.15, 0.2) is 0 Å². The fourth-order valence-corrected chi connectivity index (χ4v) is 0. The minimum Gasteiger partial charge on any atom is -0.418 e. The first-order chi connectivity index (χ1) is 4.64. The van der Waals surface area contributed by atoms with E-state index in [0.29, 0.717) is 6.04 Å². The number of rotatable bonds is 1. The van der Waals surface area contributed by atoms with E-state index in [0.717, 1.165) is 0 Å². The Balaban J connectivity index is 0. The Kier molecular flexibility index (Phi) is 6.55. The van der Waals surface area contributed by atoms with Crippen molar-refractivity contribution in [3.05, 3.63) is 0 Å². The molecule has 0 bridgehead atoms. The molecule has 0 heterocycles. The fraction of sp³-hybridized carbons (Fsp3) is 1.00. The maximum atomic E-state index is 9.75. The average molecular weight is 174 g/mol. The first-order valence-corrected chi connectivity index (χ1v) is 3.18. The van der Waals surface area contributed by atoms with Crippen LogP contribution in [0.2, 0.25) is 0 Å². The molecule has 0 amide bonds. The van der Waals surface area contributed by atoms with Gasteiger partial charge in [0, 0.05) is 6.04 Å². The molecule has 0 aliphatic rings. The smallest absolute Gasteiger partial charge is 0.418 e. The SMILES string of the molecule is CC(C)N(C)C.F[B-](F)(F)F. The van der Waals surface area contributed by atoms with Gasteiger partial charge in [-0.25, -0.2) is 0 Å². The van der Waals surface area contributed by atoms with Crippen LogP contribution in [0.4, 0.5) is 17.3 Å². The number of hydrogen-bond acceptors (Lipinski definition) is 1. The van der Waals surface area contributed by atoms with Crippen molar-refractivity contribution in [1.82, 2.24) is 4.90 Å². The van der Waals surface area contributed by atoms with Crippen LogP contribution in [0, 0.1) is 0 Å². The Morgan fingerprint density at radius 3 is 1.09 bits per heavy atom. The Labute approximate surface area is 64.5 Å². The highest BCUT2D eigenvalue weighted by Crippen LogP contribution is 2.06. The summed E-state index contributed by atoms with van der Waals surface area (Å²) in [6.45, 7) is 4.33. The monoisotopic (exact) mass is 174 g/mol. The molecule has 70 valence electrons. The Hall–Kier alpha value is -0.255. The summed E-state index contributed by atoms with van der Waals surface area (Å²) in [5, 5.41) is 0. The summed E-state index contributed by atoms with van der Waals surface area (Å²) in [7, 11) is -1.85. The van der Waals surface area contributed by atoms with E-state index in [4.69, 9.17) is 0 Å². The standard InChI is InChI=1S/C5H13N.BF4/c1-5(2)6(3)4;2-1(3,4)5/h5H,1-4H3;/q;-1. The Morgan fingerprint density at radius 1 is 1.00 bits per heavy atom. The van der Waals surface area contributed by atoms with Crippen molar-refractivity contribution < 1.29 is 17.3 Å². The first-order valence-electron chi connectivity index (χ1n) is 3.18. The van der Waals surface area contributed by atoms with E-state index in [9.17, 15) is 17.3 Å². The third-order valence-corrected chi connectivity index (χ3v) is 1.03. The highest BCUT2D eigenvalue weighted by Gasteiger charge is 2.20. The average Bonchev–Trinajstić information content (AvgIpc) is 1.59. The second-order valence-electron chi connectivity index (χ2n) is 2.55. The lowest BCUT2D eigenvalue weighted by molar-refractivity contribution is 0.335. The lowest BCUT2D eigenvalue weighted by atomic mass is 10.3. The van der Waals surface area contributed by atoms with Crippen LogP contribution < -0.4 is 0 Å². The number of nitrogens with zero attached hydrogens (tertiary/aromatic N) is 1. The summed E-state index contributed by atoms with van der Waals surface area (Å²) >= 11 is 0. The van der Waals surface area contributed by atoms with Crippen molar-refractivity contribution in [3.8, 4) is 0 Å².